The molecule has 0 aromatic heterocycles. The fourth-order valence-corrected chi connectivity index (χ4v) is 8.72. The minimum Gasteiger partial charge on any atom is -0.490 e. The van der Waals surface area contributed by atoms with Crippen molar-refractivity contribution in [3.63, 3.8) is 0 Å². The first kappa shape index (κ1) is 30.9. The van der Waals surface area contributed by atoms with Crippen LogP contribution in [0.5, 0.6) is 11.5 Å². The molecule has 4 aliphatic carbocycles. The van der Waals surface area contributed by atoms with E-state index in [1.807, 2.05) is 19.1 Å². The van der Waals surface area contributed by atoms with E-state index < -0.39 is 17.8 Å². The van der Waals surface area contributed by atoms with Crippen molar-refractivity contribution in [3.05, 3.63) is 107 Å². The van der Waals surface area contributed by atoms with Gasteiger partial charge in [-0.05, 0) is 134 Å². The molecule has 5 fully saturated rings. The maximum atomic E-state index is 13.8. The third-order valence-corrected chi connectivity index (χ3v) is 10.3. The van der Waals surface area contributed by atoms with Crippen LogP contribution < -0.4 is 19.7 Å². The fraction of sp³-hybridized carbons (Fsp3) is 0.359. The summed E-state index contributed by atoms with van der Waals surface area (Å²) in [5.41, 5.74) is 3.79. The Kier molecular flexibility index (Phi) is 8.20. The summed E-state index contributed by atoms with van der Waals surface area (Å²) in [5.74, 6) is 1.55. The second-order valence-corrected chi connectivity index (χ2v) is 13.6. The maximum Gasteiger partial charge on any atom is 0.335 e. The number of amides is 4. The normalized spacial score (nSPS) is 25.7. The van der Waals surface area contributed by atoms with Gasteiger partial charge in [-0.1, -0.05) is 30.3 Å². The zero-order valence-electron chi connectivity index (χ0n) is 26.6. The summed E-state index contributed by atoms with van der Waals surface area (Å²) in [5, 5.41) is 2.35. The van der Waals surface area contributed by atoms with Crippen molar-refractivity contribution in [2.45, 2.75) is 63.9 Å². The largest absolute Gasteiger partial charge is 0.490 e. The van der Waals surface area contributed by atoms with Gasteiger partial charge in [0, 0.05) is 5.56 Å². The number of carbonyl (C=O) groups excluding carboxylic acids is 3. The van der Waals surface area contributed by atoms with E-state index in [0.29, 0.717) is 35.8 Å². The minimum absolute atomic E-state index is 0.165. The number of hydrogen-bond donors (Lipinski definition) is 1. The van der Waals surface area contributed by atoms with Crippen LogP contribution in [0.4, 0.5) is 14.9 Å². The zero-order chi connectivity index (χ0) is 32.7. The van der Waals surface area contributed by atoms with Crippen LogP contribution >= 0.6 is 0 Å². The van der Waals surface area contributed by atoms with Gasteiger partial charge < -0.3 is 9.47 Å². The number of nitrogens with one attached hydrogen (secondary N) is 1. The van der Waals surface area contributed by atoms with Gasteiger partial charge in [0.15, 0.2) is 11.5 Å². The van der Waals surface area contributed by atoms with Crippen LogP contribution in [0, 0.1) is 23.6 Å². The lowest BCUT2D eigenvalue weighted by molar-refractivity contribution is -0.122. The van der Waals surface area contributed by atoms with Crippen molar-refractivity contribution in [2.75, 3.05) is 11.5 Å². The lowest BCUT2D eigenvalue weighted by Crippen LogP contribution is -2.54. The molecule has 0 radical (unpaired) electrons. The molecule has 4 bridgehead atoms. The first-order chi connectivity index (χ1) is 22.7. The molecule has 8 rings (SSSR count). The molecule has 7 nitrogen and oxygen atoms in total. The second-order valence-electron chi connectivity index (χ2n) is 13.6. The Bertz CT molecular complexity index is 1730. The lowest BCUT2D eigenvalue weighted by Gasteiger charge is -2.57. The van der Waals surface area contributed by atoms with Crippen molar-refractivity contribution in [1.82, 2.24) is 5.32 Å². The van der Waals surface area contributed by atoms with Crippen LogP contribution in [0.25, 0.3) is 6.08 Å². The first-order valence-electron chi connectivity index (χ1n) is 16.5. The average Bonchev–Trinajstić information content (AvgIpc) is 3.03. The molecule has 47 heavy (non-hydrogen) atoms. The second kappa shape index (κ2) is 12.5. The van der Waals surface area contributed by atoms with Gasteiger partial charge in [0.25, 0.3) is 11.8 Å². The molecule has 1 saturated heterocycles. The summed E-state index contributed by atoms with van der Waals surface area (Å²) >= 11 is 0. The molecule has 0 atom stereocenters. The van der Waals surface area contributed by atoms with E-state index in [1.54, 1.807) is 30.3 Å². The molecule has 5 aliphatic rings. The molecular weight excluding hydrogens is 595 g/mol. The number of carbonyl (C=O) groups is 3. The summed E-state index contributed by atoms with van der Waals surface area (Å²) in [4.78, 5) is 40.9. The first-order valence-corrected chi connectivity index (χ1v) is 16.5. The van der Waals surface area contributed by atoms with E-state index in [2.05, 4.69) is 24.0 Å². The molecule has 0 spiro atoms. The van der Waals surface area contributed by atoms with Gasteiger partial charge in [-0.2, -0.15) is 0 Å². The summed E-state index contributed by atoms with van der Waals surface area (Å²) in [6.45, 7) is 6.24. The molecular formula is C39H39FN2O5. The number of rotatable bonds is 10. The topological polar surface area (TPSA) is 84.9 Å². The van der Waals surface area contributed by atoms with Crippen molar-refractivity contribution in [2.24, 2.45) is 17.8 Å². The Labute approximate surface area is 274 Å². The minimum atomic E-state index is -0.772. The van der Waals surface area contributed by atoms with E-state index in [-0.39, 0.29) is 23.4 Å². The van der Waals surface area contributed by atoms with Gasteiger partial charge in [0.1, 0.15) is 18.0 Å². The molecule has 1 N–H and O–H groups in total. The van der Waals surface area contributed by atoms with Gasteiger partial charge in [-0.3, -0.25) is 14.9 Å². The maximum absolute atomic E-state index is 13.8. The molecule has 0 unspecified atom stereocenters. The van der Waals surface area contributed by atoms with Crippen molar-refractivity contribution < 1.29 is 28.2 Å². The summed E-state index contributed by atoms with van der Waals surface area (Å²) in [6, 6.07) is 16.6. The van der Waals surface area contributed by atoms with E-state index in [1.165, 1.54) is 62.3 Å². The van der Waals surface area contributed by atoms with Crippen LogP contribution in [0.3, 0.4) is 0 Å². The van der Waals surface area contributed by atoms with Crippen LogP contribution in [0.15, 0.2) is 78.9 Å². The smallest absolute Gasteiger partial charge is 0.335 e. The van der Waals surface area contributed by atoms with Gasteiger partial charge in [0.2, 0.25) is 0 Å². The number of ether oxygens (including phenoxy) is 2. The summed E-state index contributed by atoms with van der Waals surface area (Å²) < 4.78 is 25.5. The van der Waals surface area contributed by atoms with Gasteiger partial charge in [-0.15, -0.1) is 6.58 Å². The molecule has 3 aromatic rings. The van der Waals surface area contributed by atoms with E-state index in [0.717, 1.165) is 33.8 Å². The zero-order valence-corrected chi connectivity index (χ0v) is 26.6. The van der Waals surface area contributed by atoms with Crippen LogP contribution in [0.2, 0.25) is 0 Å². The summed E-state index contributed by atoms with van der Waals surface area (Å²) in [6.07, 6.45) is 11.3. The average molecular weight is 635 g/mol. The predicted octanol–water partition coefficient (Wildman–Crippen LogP) is 7.67. The molecule has 242 valence electrons. The van der Waals surface area contributed by atoms with E-state index in [4.69, 9.17) is 9.47 Å². The Morgan fingerprint density at radius 2 is 1.60 bits per heavy atom. The van der Waals surface area contributed by atoms with Gasteiger partial charge >= 0.3 is 6.03 Å². The molecule has 8 heteroatoms. The Balaban J connectivity index is 1.16. The van der Waals surface area contributed by atoms with Crippen molar-refractivity contribution in [1.29, 1.82) is 0 Å². The van der Waals surface area contributed by atoms with Gasteiger partial charge in [-0.25, -0.2) is 14.1 Å². The lowest BCUT2D eigenvalue weighted by atomic mass is 9.48. The Morgan fingerprint density at radius 1 is 0.936 bits per heavy atom. The number of urea groups is 1. The monoisotopic (exact) mass is 634 g/mol. The highest BCUT2D eigenvalue weighted by Crippen LogP contribution is 2.60. The highest BCUT2D eigenvalue weighted by atomic mass is 19.1. The van der Waals surface area contributed by atoms with Crippen molar-refractivity contribution >= 4 is 29.6 Å². The highest BCUT2D eigenvalue weighted by molar-refractivity contribution is 6.39. The fourth-order valence-electron chi connectivity index (χ4n) is 8.72. The molecule has 3 aromatic carbocycles. The van der Waals surface area contributed by atoms with E-state index >= 15 is 0 Å². The van der Waals surface area contributed by atoms with E-state index in [9.17, 15) is 18.8 Å². The number of hydrogen-bond acceptors (Lipinski definition) is 5. The summed E-state index contributed by atoms with van der Waals surface area (Å²) in [7, 11) is 0. The number of allylic oxidation sites excluding steroid dienone is 1. The number of imide groups is 2. The standard InChI is InChI=1S/C39H39FN2O5/c1-3-5-29-17-25(19-34(46-4-2)35(29)47-23-24-6-10-31(40)11-7-24)18-33-36(43)41-38(45)42(37(33)44)32-12-8-30(9-13-32)39-20-26-14-27(21-39)16-28(15-26)22-39/h3,6-13,17-19,26-28H,1,4-5,14-16,20-23H2,2H3,(H,41,43,45)/b33-18+. The van der Waals surface area contributed by atoms with Crippen molar-refractivity contribution in [3.8, 4) is 11.5 Å². The van der Waals surface area contributed by atoms with Gasteiger partial charge in [0.05, 0.1) is 12.3 Å². The number of nitrogens with zero attached hydrogens (tertiary/aromatic N) is 1. The quantitative estimate of drug-likeness (QED) is 0.141. The number of benzene rings is 3. The molecule has 1 aliphatic heterocycles. The van der Waals surface area contributed by atoms with Crippen LogP contribution in [-0.2, 0) is 28.0 Å². The number of halogens is 1. The molecule has 1 heterocycles. The third-order valence-electron chi connectivity index (χ3n) is 10.3. The Hall–Kier alpha value is -4.72. The van der Waals surface area contributed by atoms with Crippen LogP contribution in [0.1, 0.15) is 67.7 Å². The molecule has 4 saturated carbocycles. The Morgan fingerprint density at radius 3 is 2.21 bits per heavy atom. The molecule has 4 amide bonds. The SMILES string of the molecule is C=CCc1cc(/C=C2\C(=O)NC(=O)N(c3ccc(C45CC6CC(CC(C6)C4)C5)cc3)C2=O)cc(OCC)c1OCc1ccc(F)cc1. The highest BCUT2D eigenvalue weighted by Gasteiger charge is 2.51. The van der Waals surface area contributed by atoms with Crippen LogP contribution in [-0.4, -0.2) is 24.5 Å². The predicted molar refractivity (Wildman–Crippen MR) is 178 cm³/mol. The number of barbiturate groups is 1. The third kappa shape index (κ3) is 5.97. The number of anilines is 1.